The van der Waals surface area contributed by atoms with Crippen molar-refractivity contribution >= 4 is 5.69 Å². The second kappa shape index (κ2) is 3.75. The Balaban J connectivity index is 2.55. The van der Waals surface area contributed by atoms with Crippen molar-refractivity contribution in [3.05, 3.63) is 28.2 Å². The number of hydrogen-bond donors (Lipinski definition) is 1. The smallest absolute Gasteiger partial charge is 0.153 e. The summed E-state index contributed by atoms with van der Waals surface area (Å²) in [6.45, 7) is 1.70. The van der Waals surface area contributed by atoms with E-state index in [1.807, 2.05) is 6.07 Å². The molecule has 0 saturated heterocycles. The third kappa shape index (κ3) is 1.37. The van der Waals surface area contributed by atoms with E-state index in [4.69, 9.17) is 4.74 Å². The summed E-state index contributed by atoms with van der Waals surface area (Å²) in [5, 5.41) is 6.30. The van der Waals surface area contributed by atoms with Gasteiger partial charge in [-0.25, -0.2) is 0 Å². The van der Waals surface area contributed by atoms with Crippen molar-refractivity contribution in [2.24, 2.45) is 5.18 Å². The largest absolute Gasteiger partial charge is 0.494 e. The first-order chi connectivity index (χ1) is 6.86. The Hall–Kier alpha value is -1.42. The molecule has 14 heavy (non-hydrogen) atoms. The lowest BCUT2D eigenvalue weighted by Crippen LogP contribution is -2.23. The maximum atomic E-state index is 10.7. The van der Waals surface area contributed by atoms with E-state index in [0.29, 0.717) is 11.4 Å². The average molecular weight is 192 g/mol. The summed E-state index contributed by atoms with van der Waals surface area (Å²) in [4.78, 5) is 10.7. The van der Waals surface area contributed by atoms with Crippen LogP contribution in [0.5, 0.6) is 5.75 Å². The van der Waals surface area contributed by atoms with Crippen LogP contribution in [0.15, 0.2) is 17.3 Å². The van der Waals surface area contributed by atoms with Gasteiger partial charge in [0.15, 0.2) is 5.69 Å². The lowest BCUT2D eigenvalue weighted by atomic mass is 9.99. The third-order valence-electron chi connectivity index (χ3n) is 2.52. The molecule has 0 spiro atoms. The Labute approximate surface area is 82.2 Å². The number of benzene rings is 1. The van der Waals surface area contributed by atoms with Crippen LogP contribution in [0.3, 0.4) is 0 Å². The molecule has 1 aromatic carbocycles. The van der Waals surface area contributed by atoms with Gasteiger partial charge in [0, 0.05) is 6.54 Å². The Morgan fingerprint density at radius 2 is 2.36 bits per heavy atom. The molecule has 74 valence electrons. The number of methoxy groups -OCH3 is 1. The predicted octanol–water partition coefficient (Wildman–Crippen LogP) is 1.74. The first kappa shape index (κ1) is 9.15. The summed E-state index contributed by atoms with van der Waals surface area (Å²) in [6, 6.07) is 3.78. The Kier molecular flexibility index (Phi) is 2.45. The molecule has 1 aliphatic rings. The van der Waals surface area contributed by atoms with Gasteiger partial charge in [-0.05, 0) is 35.3 Å². The summed E-state index contributed by atoms with van der Waals surface area (Å²) < 4.78 is 5.09. The highest BCUT2D eigenvalue weighted by molar-refractivity contribution is 5.61. The van der Waals surface area contributed by atoms with Gasteiger partial charge in [0.1, 0.15) is 5.75 Å². The molecule has 0 atom stereocenters. The molecule has 4 nitrogen and oxygen atoms in total. The molecule has 0 aromatic heterocycles. The van der Waals surface area contributed by atoms with Gasteiger partial charge < -0.3 is 10.1 Å². The lowest BCUT2D eigenvalue weighted by Gasteiger charge is -2.18. The molecular weight excluding hydrogens is 180 g/mol. The van der Waals surface area contributed by atoms with Gasteiger partial charge in [-0.3, -0.25) is 0 Å². The van der Waals surface area contributed by atoms with E-state index in [9.17, 15) is 4.91 Å². The van der Waals surface area contributed by atoms with E-state index in [0.717, 1.165) is 30.6 Å². The number of ether oxygens (including phenoxy) is 1. The topological polar surface area (TPSA) is 50.7 Å². The van der Waals surface area contributed by atoms with Crippen molar-refractivity contribution < 1.29 is 4.74 Å². The quantitative estimate of drug-likeness (QED) is 0.726. The predicted molar refractivity (Wildman–Crippen MR) is 53.9 cm³/mol. The van der Waals surface area contributed by atoms with Crippen LogP contribution in [0.25, 0.3) is 0 Å². The van der Waals surface area contributed by atoms with E-state index >= 15 is 0 Å². The van der Waals surface area contributed by atoms with Gasteiger partial charge in [0.2, 0.25) is 0 Å². The molecular formula is C10H12N2O2. The molecule has 1 heterocycles. The SMILES string of the molecule is COc1ccc2c(c1N=O)CCNC2. The molecule has 1 aliphatic heterocycles. The molecule has 0 saturated carbocycles. The van der Waals surface area contributed by atoms with E-state index in [1.54, 1.807) is 13.2 Å². The molecule has 2 rings (SSSR count). The molecule has 0 bridgehead atoms. The van der Waals surface area contributed by atoms with E-state index in [-0.39, 0.29) is 0 Å². The highest BCUT2D eigenvalue weighted by atomic mass is 16.5. The normalized spacial score (nSPS) is 14.6. The first-order valence-corrected chi connectivity index (χ1v) is 4.59. The summed E-state index contributed by atoms with van der Waals surface area (Å²) in [6.07, 6.45) is 0.841. The second-order valence-electron chi connectivity index (χ2n) is 3.27. The molecule has 0 fully saturated rings. The van der Waals surface area contributed by atoms with Crippen LogP contribution in [-0.2, 0) is 13.0 Å². The maximum Gasteiger partial charge on any atom is 0.153 e. The number of nitroso groups, excluding NO2 is 1. The fourth-order valence-electron chi connectivity index (χ4n) is 1.80. The van der Waals surface area contributed by atoms with E-state index in [1.165, 1.54) is 0 Å². The third-order valence-corrected chi connectivity index (χ3v) is 2.52. The van der Waals surface area contributed by atoms with Crippen molar-refractivity contribution in [2.75, 3.05) is 13.7 Å². The van der Waals surface area contributed by atoms with Crippen LogP contribution in [0.1, 0.15) is 11.1 Å². The van der Waals surface area contributed by atoms with Gasteiger partial charge in [-0.2, -0.15) is 0 Å². The van der Waals surface area contributed by atoms with Crippen molar-refractivity contribution in [2.45, 2.75) is 13.0 Å². The van der Waals surface area contributed by atoms with Crippen LogP contribution >= 0.6 is 0 Å². The van der Waals surface area contributed by atoms with E-state index < -0.39 is 0 Å². The molecule has 0 amide bonds. The monoisotopic (exact) mass is 192 g/mol. The van der Waals surface area contributed by atoms with Crippen LogP contribution < -0.4 is 10.1 Å². The van der Waals surface area contributed by atoms with E-state index in [2.05, 4.69) is 10.5 Å². The second-order valence-corrected chi connectivity index (χ2v) is 3.27. The first-order valence-electron chi connectivity index (χ1n) is 4.59. The zero-order valence-electron chi connectivity index (χ0n) is 8.04. The zero-order chi connectivity index (χ0) is 9.97. The standard InChI is InChI=1S/C10H12N2O2/c1-14-9-3-2-7-6-11-5-4-8(7)10(9)12-13/h2-3,11H,4-6H2,1H3. The van der Waals surface area contributed by atoms with Crippen LogP contribution in [0.4, 0.5) is 5.69 Å². The highest BCUT2D eigenvalue weighted by Crippen LogP contribution is 2.34. The molecule has 1 N–H and O–H groups in total. The van der Waals surface area contributed by atoms with Crippen molar-refractivity contribution in [3.63, 3.8) is 0 Å². The number of fused-ring (bicyclic) bond motifs is 1. The molecule has 0 radical (unpaired) electrons. The summed E-state index contributed by atoms with van der Waals surface area (Å²) in [5.41, 5.74) is 2.64. The minimum absolute atomic E-state index is 0.464. The van der Waals surface area contributed by atoms with Crippen LogP contribution in [0.2, 0.25) is 0 Å². The van der Waals surface area contributed by atoms with Gasteiger partial charge in [-0.1, -0.05) is 6.07 Å². The average Bonchev–Trinajstić information content (AvgIpc) is 2.27. The van der Waals surface area contributed by atoms with Gasteiger partial charge in [-0.15, -0.1) is 4.91 Å². The van der Waals surface area contributed by atoms with Crippen molar-refractivity contribution in [1.82, 2.24) is 5.32 Å². The molecule has 4 heteroatoms. The number of hydrogen-bond acceptors (Lipinski definition) is 4. The highest BCUT2D eigenvalue weighted by Gasteiger charge is 2.17. The number of nitrogens with zero attached hydrogens (tertiary/aromatic N) is 1. The molecule has 0 unspecified atom stereocenters. The van der Waals surface area contributed by atoms with Gasteiger partial charge >= 0.3 is 0 Å². The van der Waals surface area contributed by atoms with Crippen molar-refractivity contribution in [1.29, 1.82) is 0 Å². The zero-order valence-corrected chi connectivity index (χ0v) is 8.04. The molecule has 1 aromatic rings. The minimum Gasteiger partial charge on any atom is -0.494 e. The maximum absolute atomic E-state index is 10.7. The fraction of sp³-hybridized carbons (Fsp3) is 0.400. The Bertz CT molecular complexity index is 363. The summed E-state index contributed by atoms with van der Waals surface area (Å²) in [7, 11) is 1.55. The van der Waals surface area contributed by atoms with Crippen molar-refractivity contribution in [3.8, 4) is 5.75 Å². The van der Waals surface area contributed by atoms with Gasteiger partial charge in [0.05, 0.1) is 7.11 Å². The minimum atomic E-state index is 0.464. The lowest BCUT2D eigenvalue weighted by molar-refractivity contribution is 0.415. The molecule has 0 aliphatic carbocycles. The van der Waals surface area contributed by atoms with Crippen LogP contribution in [-0.4, -0.2) is 13.7 Å². The number of rotatable bonds is 2. The number of nitrogens with one attached hydrogen (secondary N) is 1. The fourth-order valence-corrected chi connectivity index (χ4v) is 1.80. The summed E-state index contributed by atoms with van der Waals surface area (Å²) >= 11 is 0. The summed E-state index contributed by atoms with van der Waals surface area (Å²) in [5.74, 6) is 0.570. The Morgan fingerprint density at radius 1 is 1.50 bits per heavy atom. The Morgan fingerprint density at radius 3 is 3.07 bits per heavy atom. The van der Waals surface area contributed by atoms with Gasteiger partial charge in [0.25, 0.3) is 0 Å². The van der Waals surface area contributed by atoms with Crippen LogP contribution in [0, 0.1) is 4.91 Å².